The number of guanidine groups is 1. The third-order valence-electron chi connectivity index (χ3n) is 4.34. The smallest absolute Gasteiger partial charge is 0.191 e. The highest BCUT2D eigenvalue weighted by molar-refractivity contribution is 7.11. The zero-order valence-corrected chi connectivity index (χ0v) is 16.0. The van der Waals surface area contributed by atoms with E-state index in [-0.39, 0.29) is 0 Å². The molecule has 2 N–H and O–H groups in total. The van der Waals surface area contributed by atoms with Crippen molar-refractivity contribution in [1.29, 1.82) is 0 Å². The molecular weight excluding hydrogens is 334 g/mol. The Morgan fingerprint density at radius 1 is 1.44 bits per heavy atom. The monoisotopic (exact) mass is 361 g/mol. The molecule has 3 heterocycles. The minimum absolute atomic E-state index is 0.391. The number of nitrogens with zero attached hydrogens (tertiary/aromatic N) is 5. The molecule has 1 fully saturated rings. The highest BCUT2D eigenvalue weighted by Gasteiger charge is 2.21. The quantitative estimate of drug-likeness (QED) is 0.625. The lowest BCUT2D eigenvalue weighted by molar-refractivity contribution is 0.468. The van der Waals surface area contributed by atoms with E-state index >= 15 is 0 Å². The van der Waals surface area contributed by atoms with Gasteiger partial charge in [0.2, 0.25) is 0 Å². The fraction of sp³-hybridized carbons (Fsp3) is 0.588. The highest BCUT2D eigenvalue weighted by Crippen LogP contribution is 2.19. The van der Waals surface area contributed by atoms with Gasteiger partial charge < -0.3 is 15.5 Å². The molecule has 0 saturated carbocycles. The molecule has 1 saturated heterocycles. The first-order valence-corrected chi connectivity index (χ1v) is 9.58. The van der Waals surface area contributed by atoms with Gasteiger partial charge in [-0.2, -0.15) is 5.10 Å². The Labute approximate surface area is 153 Å². The molecule has 0 radical (unpaired) electrons. The summed E-state index contributed by atoms with van der Waals surface area (Å²) in [5.41, 5.74) is 1.19. The lowest BCUT2D eigenvalue weighted by Crippen LogP contribution is -2.51. The predicted octanol–water partition coefficient (Wildman–Crippen LogP) is 1.56. The third-order valence-corrected chi connectivity index (χ3v) is 5.32. The first kappa shape index (κ1) is 17.7. The van der Waals surface area contributed by atoms with Crippen molar-refractivity contribution >= 4 is 23.0 Å². The Kier molecular flexibility index (Phi) is 5.91. The molecule has 0 aliphatic carbocycles. The van der Waals surface area contributed by atoms with E-state index in [4.69, 9.17) is 0 Å². The lowest BCUT2D eigenvalue weighted by atomic mass is 10.1. The van der Waals surface area contributed by atoms with Gasteiger partial charge >= 0.3 is 0 Å². The molecule has 1 aliphatic rings. The molecule has 8 heteroatoms. The summed E-state index contributed by atoms with van der Waals surface area (Å²) in [6.07, 6.45) is 9.19. The highest BCUT2D eigenvalue weighted by atomic mass is 32.1. The van der Waals surface area contributed by atoms with Crippen LogP contribution in [-0.2, 0) is 13.5 Å². The van der Waals surface area contributed by atoms with Gasteiger partial charge in [0.1, 0.15) is 0 Å². The van der Waals surface area contributed by atoms with Gasteiger partial charge in [-0.1, -0.05) is 0 Å². The molecule has 1 aliphatic heterocycles. The average Bonchev–Trinajstić information content (AvgIpc) is 3.22. The molecular formula is C17H27N7S. The van der Waals surface area contributed by atoms with Gasteiger partial charge in [-0.25, -0.2) is 4.98 Å². The van der Waals surface area contributed by atoms with Crippen LogP contribution >= 0.6 is 11.3 Å². The van der Waals surface area contributed by atoms with Crippen LogP contribution in [0, 0.1) is 6.92 Å². The summed E-state index contributed by atoms with van der Waals surface area (Å²) in [5.74, 6) is 0.867. The van der Waals surface area contributed by atoms with Crippen LogP contribution in [0.3, 0.4) is 0 Å². The standard InChI is InChI=1S/C17H27N7S/c1-13-9-20-16(25-13)6-7-19-17(18-2)22-14-5-4-8-24(11-14)15-10-21-23(3)12-15/h9-10,12,14H,4-8,11H2,1-3H3,(H2,18,19,22). The number of nitrogens with one attached hydrogen (secondary N) is 2. The van der Waals surface area contributed by atoms with E-state index in [1.807, 2.05) is 31.2 Å². The topological polar surface area (TPSA) is 70.4 Å². The Morgan fingerprint density at radius 2 is 2.32 bits per heavy atom. The molecule has 0 spiro atoms. The SMILES string of the molecule is CN=C(NCCc1ncc(C)s1)NC1CCCN(c2cnn(C)c2)C1. The molecule has 0 bridgehead atoms. The molecule has 1 atom stereocenters. The predicted molar refractivity (Wildman–Crippen MR) is 103 cm³/mol. The first-order chi connectivity index (χ1) is 12.1. The van der Waals surface area contributed by atoms with Crippen LogP contribution in [-0.4, -0.2) is 53.4 Å². The van der Waals surface area contributed by atoms with Crippen molar-refractivity contribution in [2.45, 2.75) is 32.2 Å². The second kappa shape index (κ2) is 8.33. The third kappa shape index (κ3) is 4.94. The van der Waals surface area contributed by atoms with Gasteiger partial charge in [-0.3, -0.25) is 9.67 Å². The summed E-state index contributed by atoms with van der Waals surface area (Å²) >= 11 is 1.76. The molecule has 1 unspecified atom stereocenters. The summed E-state index contributed by atoms with van der Waals surface area (Å²) in [7, 11) is 3.78. The zero-order chi connectivity index (χ0) is 17.6. The Bertz CT molecular complexity index is 705. The van der Waals surface area contributed by atoms with Crippen LogP contribution in [0.2, 0.25) is 0 Å². The van der Waals surface area contributed by atoms with E-state index in [1.54, 1.807) is 11.3 Å². The number of aromatic nitrogens is 3. The van der Waals surface area contributed by atoms with Crippen molar-refractivity contribution < 1.29 is 0 Å². The van der Waals surface area contributed by atoms with E-state index in [2.05, 4.69) is 43.7 Å². The van der Waals surface area contributed by atoms with Crippen molar-refractivity contribution in [2.24, 2.45) is 12.0 Å². The summed E-state index contributed by atoms with van der Waals surface area (Å²) in [4.78, 5) is 12.4. The van der Waals surface area contributed by atoms with Crippen LogP contribution in [0.15, 0.2) is 23.6 Å². The number of aryl methyl sites for hydroxylation is 2. The van der Waals surface area contributed by atoms with Gasteiger partial charge in [-0.15, -0.1) is 11.3 Å². The number of anilines is 1. The minimum Gasteiger partial charge on any atom is -0.367 e. The first-order valence-electron chi connectivity index (χ1n) is 8.76. The van der Waals surface area contributed by atoms with Crippen LogP contribution in [0.1, 0.15) is 22.7 Å². The van der Waals surface area contributed by atoms with Crippen molar-refractivity contribution in [3.8, 4) is 0 Å². The summed E-state index contributed by atoms with van der Waals surface area (Å²) in [6.45, 7) is 4.98. The van der Waals surface area contributed by atoms with E-state index < -0.39 is 0 Å². The molecule has 0 aromatic carbocycles. The molecule has 0 amide bonds. The van der Waals surface area contributed by atoms with Gasteiger partial charge in [0.25, 0.3) is 0 Å². The number of thiazole rings is 1. The Hall–Kier alpha value is -2.09. The van der Waals surface area contributed by atoms with E-state index in [1.165, 1.54) is 22.0 Å². The van der Waals surface area contributed by atoms with Crippen LogP contribution in [0.5, 0.6) is 0 Å². The van der Waals surface area contributed by atoms with Crippen LogP contribution in [0.4, 0.5) is 5.69 Å². The lowest BCUT2D eigenvalue weighted by Gasteiger charge is -2.34. The fourth-order valence-electron chi connectivity index (χ4n) is 3.09. The van der Waals surface area contributed by atoms with E-state index in [0.717, 1.165) is 38.4 Å². The minimum atomic E-state index is 0.391. The van der Waals surface area contributed by atoms with Crippen molar-refractivity contribution in [3.63, 3.8) is 0 Å². The van der Waals surface area contributed by atoms with E-state index in [9.17, 15) is 0 Å². The summed E-state index contributed by atoms with van der Waals surface area (Å²) in [5, 5.41) is 12.4. The van der Waals surface area contributed by atoms with Gasteiger partial charge in [0, 0.05) is 63.5 Å². The normalized spacial score (nSPS) is 18.4. The Morgan fingerprint density at radius 3 is 3.00 bits per heavy atom. The second-order valence-electron chi connectivity index (χ2n) is 6.42. The summed E-state index contributed by atoms with van der Waals surface area (Å²) < 4.78 is 1.85. The maximum atomic E-state index is 4.40. The molecule has 136 valence electrons. The van der Waals surface area contributed by atoms with Crippen LogP contribution in [0.25, 0.3) is 0 Å². The van der Waals surface area contributed by atoms with Crippen LogP contribution < -0.4 is 15.5 Å². The largest absolute Gasteiger partial charge is 0.367 e. The van der Waals surface area contributed by atoms with Crippen molar-refractivity contribution in [2.75, 3.05) is 31.6 Å². The molecule has 7 nitrogen and oxygen atoms in total. The summed E-state index contributed by atoms with van der Waals surface area (Å²) in [6, 6.07) is 0.391. The number of aliphatic imine (C=N–C) groups is 1. The van der Waals surface area contributed by atoms with Crippen molar-refractivity contribution in [1.82, 2.24) is 25.4 Å². The maximum Gasteiger partial charge on any atom is 0.191 e. The number of hydrogen-bond acceptors (Lipinski definition) is 5. The van der Waals surface area contributed by atoms with Gasteiger partial charge in [0.15, 0.2) is 5.96 Å². The molecule has 25 heavy (non-hydrogen) atoms. The molecule has 3 rings (SSSR count). The number of hydrogen-bond donors (Lipinski definition) is 2. The number of rotatable bonds is 5. The zero-order valence-electron chi connectivity index (χ0n) is 15.2. The molecule has 2 aromatic heterocycles. The fourth-order valence-corrected chi connectivity index (χ4v) is 3.88. The van der Waals surface area contributed by atoms with Gasteiger partial charge in [-0.05, 0) is 19.8 Å². The van der Waals surface area contributed by atoms with Gasteiger partial charge in [0.05, 0.1) is 16.9 Å². The van der Waals surface area contributed by atoms with E-state index in [0.29, 0.717) is 6.04 Å². The molecule has 2 aromatic rings. The maximum absolute atomic E-state index is 4.40. The second-order valence-corrected chi connectivity index (χ2v) is 7.73. The average molecular weight is 362 g/mol. The number of piperidine rings is 1. The van der Waals surface area contributed by atoms with Crippen molar-refractivity contribution in [3.05, 3.63) is 28.5 Å². The Balaban J connectivity index is 1.47.